The molecule has 0 radical (unpaired) electrons. The Morgan fingerprint density at radius 1 is 0.352 bits per heavy atom. The Bertz CT molecular complexity index is 1570. The number of benzene rings is 4. The molecule has 0 spiro atoms. The lowest BCUT2D eigenvalue weighted by atomic mass is 10.1. The van der Waals surface area contributed by atoms with E-state index in [0.717, 1.165) is 64.2 Å². The molecule has 0 unspecified atom stereocenters. The Labute approximate surface area is 330 Å². The van der Waals surface area contributed by atoms with Gasteiger partial charge in [0, 0.05) is 5.40 Å². The highest BCUT2D eigenvalue weighted by Gasteiger charge is 2.35. The van der Waals surface area contributed by atoms with Gasteiger partial charge in [0.2, 0.25) is 0 Å². The van der Waals surface area contributed by atoms with Gasteiger partial charge in [-0.05, 0) is 139 Å². The van der Waals surface area contributed by atoms with Crippen molar-refractivity contribution in [2.45, 2.75) is 76.5 Å². The minimum atomic E-state index is -0.874. The molecular weight excluding hydrogens is 687 g/mol. The number of hydrogen-bond donors (Lipinski definition) is 0. The summed E-state index contributed by atoms with van der Waals surface area (Å²) in [6.45, 7) is 35.4. The molecule has 0 nitrogen and oxygen atoms in total. The Hall–Kier alpha value is -4.34. The molecule has 278 valence electrons. The Balaban J connectivity index is 2.20. The van der Waals surface area contributed by atoms with Crippen molar-refractivity contribution in [3.05, 3.63) is 219 Å². The highest BCUT2D eigenvalue weighted by molar-refractivity contribution is 7.89. The first-order valence-electron chi connectivity index (χ1n) is 19.3. The molecule has 2 heteroatoms. The van der Waals surface area contributed by atoms with Crippen molar-refractivity contribution in [3.63, 3.8) is 0 Å². The number of rotatable bonds is 24. The first-order valence-corrected chi connectivity index (χ1v) is 22.1. The minimum Gasteiger partial charge on any atom is -0.103 e. The summed E-state index contributed by atoms with van der Waals surface area (Å²) in [6, 6.07) is 29.2. The average molecular weight is 747 g/mol. The molecule has 0 atom stereocenters. The van der Waals surface area contributed by atoms with Gasteiger partial charge in [0.05, 0.1) is 0 Å². The molecular formula is C52H60P2. The van der Waals surface area contributed by atoms with Crippen LogP contribution in [-0.2, 0) is 51.4 Å². The van der Waals surface area contributed by atoms with E-state index in [0.29, 0.717) is 5.40 Å². The average Bonchev–Trinajstić information content (AvgIpc) is 3.13. The van der Waals surface area contributed by atoms with E-state index in [1.807, 2.05) is 48.6 Å². The van der Waals surface area contributed by atoms with Gasteiger partial charge < -0.3 is 0 Å². The predicted molar refractivity (Wildman–Crippen MR) is 248 cm³/mol. The molecule has 54 heavy (non-hydrogen) atoms. The van der Waals surface area contributed by atoms with E-state index < -0.39 is 15.8 Å². The quantitative estimate of drug-likeness (QED) is 0.0495. The molecule has 0 aromatic heterocycles. The number of allylic oxidation sites excluding steroid dienone is 8. The van der Waals surface area contributed by atoms with Crippen molar-refractivity contribution in [1.82, 2.24) is 0 Å². The third-order valence-corrected chi connectivity index (χ3v) is 15.8. The van der Waals surface area contributed by atoms with Gasteiger partial charge in [-0.3, -0.25) is 0 Å². The molecule has 0 aliphatic carbocycles. The fourth-order valence-electron chi connectivity index (χ4n) is 7.42. The molecule has 0 saturated heterocycles. The van der Waals surface area contributed by atoms with Crippen molar-refractivity contribution in [1.29, 1.82) is 0 Å². The third-order valence-electron chi connectivity index (χ3n) is 9.45. The summed E-state index contributed by atoms with van der Waals surface area (Å²) < 4.78 is 0. The third kappa shape index (κ3) is 11.6. The lowest BCUT2D eigenvalue weighted by Crippen LogP contribution is -2.29. The summed E-state index contributed by atoms with van der Waals surface area (Å²) in [6.07, 6.45) is 25.0. The van der Waals surface area contributed by atoms with E-state index in [1.165, 1.54) is 65.7 Å². The lowest BCUT2D eigenvalue weighted by Gasteiger charge is -2.37. The summed E-state index contributed by atoms with van der Waals surface area (Å²) in [5.74, 6) is 0. The lowest BCUT2D eigenvalue weighted by molar-refractivity contribution is 0.863. The number of hydrogen-bond acceptors (Lipinski definition) is 0. The molecule has 0 bridgehead atoms. The summed E-state index contributed by atoms with van der Waals surface area (Å²) in [4.78, 5) is 0. The van der Waals surface area contributed by atoms with Crippen LogP contribution in [0.5, 0.6) is 0 Å². The normalized spacial score (nSPS) is 11.0. The topological polar surface area (TPSA) is 0 Å². The molecule has 0 aliphatic heterocycles. The zero-order chi connectivity index (χ0) is 38.9. The summed E-state index contributed by atoms with van der Waals surface area (Å²) in [5, 5.41) is 6.05. The van der Waals surface area contributed by atoms with Gasteiger partial charge in [-0.15, -0.1) is 52.6 Å². The van der Waals surface area contributed by atoms with Crippen LogP contribution in [0.15, 0.2) is 174 Å². The van der Waals surface area contributed by atoms with Crippen LogP contribution in [0.3, 0.4) is 0 Å². The zero-order valence-corrected chi connectivity index (χ0v) is 34.5. The highest BCUT2D eigenvalue weighted by Crippen LogP contribution is 2.59. The molecule has 0 N–H and O–H groups in total. The predicted octanol–water partition coefficient (Wildman–Crippen LogP) is 12.2. The largest absolute Gasteiger partial charge is 0.103 e. The van der Waals surface area contributed by atoms with Crippen LogP contribution in [0.2, 0.25) is 0 Å². The Morgan fingerprint density at radius 3 is 0.685 bits per heavy atom. The van der Waals surface area contributed by atoms with Gasteiger partial charge in [0.25, 0.3) is 0 Å². The monoisotopic (exact) mass is 746 g/mol. The van der Waals surface area contributed by atoms with Gasteiger partial charge in [-0.1, -0.05) is 135 Å². The molecule has 0 heterocycles. The van der Waals surface area contributed by atoms with E-state index in [-0.39, 0.29) is 0 Å². The Kier molecular flexibility index (Phi) is 17.4. The summed E-state index contributed by atoms with van der Waals surface area (Å²) in [5.41, 5.74) is 10.5. The molecule has 0 saturated carbocycles. The van der Waals surface area contributed by atoms with Crippen molar-refractivity contribution in [3.8, 4) is 0 Å². The maximum atomic E-state index is 4.14. The van der Waals surface area contributed by atoms with Gasteiger partial charge in [0.1, 0.15) is 0 Å². The van der Waals surface area contributed by atoms with Gasteiger partial charge in [-0.2, -0.15) is 0 Å². The summed E-state index contributed by atoms with van der Waals surface area (Å²) in [7, 11) is -1.75. The smallest absolute Gasteiger partial charge is 0.0154 e. The van der Waals surface area contributed by atoms with Crippen LogP contribution >= 0.6 is 15.8 Å². The highest BCUT2D eigenvalue weighted by atomic mass is 31.2. The van der Waals surface area contributed by atoms with Crippen LogP contribution < -0.4 is 21.2 Å². The molecule has 4 aromatic carbocycles. The van der Waals surface area contributed by atoms with E-state index in [1.54, 1.807) is 0 Å². The van der Waals surface area contributed by atoms with Crippen LogP contribution in [0, 0.1) is 0 Å². The fourth-order valence-corrected chi connectivity index (χ4v) is 15.4. The van der Waals surface area contributed by atoms with E-state index in [9.17, 15) is 0 Å². The Morgan fingerprint density at radius 2 is 0.537 bits per heavy atom. The molecule has 0 fully saturated rings. The molecule has 4 aromatic rings. The van der Waals surface area contributed by atoms with E-state index >= 15 is 0 Å². The van der Waals surface area contributed by atoms with Crippen LogP contribution in [0.1, 0.15) is 64.3 Å². The zero-order valence-electron chi connectivity index (χ0n) is 32.7. The first-order chi connectivity index (χ1) is 26.3. The van der Waals surface area contributed by atoms with Crippen LogP contribution in [-0.4, -0.2) is 5.40 Å². The van der Waals surface area contributed by atoms with Crippen molar-refractivity contribution in [2.24, 2.45) is 0 Å². The second-order valence-corrected chi connectivity index (χ2v) is 19.2. The molecule has 0 aliphatic rings. The minimum absolute atomic E-state index is 0.345. The van der Waals surface area contributed by atoms with Crippen molar-refractivity contribution >= 4 is 37.1 Å². The maximum absolute atomic E-state index is 4.14. The van der Waals surface area contributed by atoms with Crippen LogP contribution in [0.25, 0.3) is 0 Å². The van der Waals surface area contributed by atoms with Gasteiger partial charge in [-0.25, -0.2) is 0 Å². The van der Waals surface area contributed by atoms with Crippen molar-refractivity contribution in [2.75, 3.05) is 0 Å². The van der Waals surface area contributed by atoms with E-state index in [4.69, 9.17) is 0 Å². The standard InChI is InChI=1S/C52H60P2/c1-10-19-40-28-41(20-11-2)33-48(32-40)53(49-34-42(21-12-3)29-43(35-49)22-13-4)52(27-18-9)54(50-36-44(23-14-5)30-45(37-50)24-15-6)51-38-46(25-16-7)31-47(39-51)26-17-8/h10-17,28-39,52H,1-8,18-27H2,9H3. The maximum Gasteiger partial charge on any atom is 0.0154 e. The molecule has 0 amide bonds. The second kappa shape index (κ2) is 22.1. The summed E-state index contributed by atoms with van der Waals surface area (Å²) >= 11 is 0. The van der Waals surface area contributed by atoms with Crippen molar-refractivity contribution < 1.29 is 0 Å². The van der Waals surface area contributed by atoms with Gasteiger partial charge >= 0.3 is 0 Å². The first kappa shape index (κ1) is 42.4. The van der Waals surface area contributed by atoms with E-state index in [2.05, 4.69) is 132 Å². The van der Waals surface area contributed by atoms with Crippen LogP contribution in [0.4, 0.5) is 0 Å². The SMILES string of the molecule is C=CCc1cc(CC=C)cc(P(c2cc(CC=C)cc(CC=C)c2)C(CCC)P(c2cc(CC=C)cc(CC=C)c2)c2cc(CC=C)cc(CC=C)c2)c1. The fraction of sp³-hybridized carbons (Fsp3) is 0.231. The van der Waals surface area contributed by atoms with Gasteiger partial charge in [0.15, 0.2) is 0 Å². The molecule has 4 rings (SSSR count). The second-order valence-electron chi connectivity index (χ2n) is 14.0.